The average molecular weight is 330 g/mol. The molecule has 1 aromatic carbocycles. The SMILES string of the molecule is COc1ccc2c(c1)OC[C@@H]1[C@@H]2CC[C@@]2(C)[C@H]1CCC21OCCO1. The summed E-state index contributed by atoms with van der Waals surface area (Å²) in [6.45, 7) is 4.70. The van der Waals surface area contributed by atoms with Crippen LogP contribution < -0.4 is 9.47 Å². The van der Waals surface area contributed by atoms with Crippen LogP contribution in [0.1, 0.15) is 44.1 Å². The van der Waals surface area contributed by atoms with Gasteiger partial charge in [-0.25, -0.2) is 0 Å². The van der Waals surface area contributed by atoms with E-state index >= 15 is 0 Å². The van der Waals surface area contributed by atoms with E-state index in [2.05, 4.69) is 19.1 Å². The van der Waals surface area contributed by atoms with Crippen LogP contribution in [-0.2, 0) is 9.47 Å². The largest absolute Gasteiger partial charge is 0.497 e. The molecule has 5 rings (SSSR count). The summed E-state index contributed by atoms with van der Waals surface area (Å²) in [6.07, 6.45) is 4.58. The zero-order valence-electron chi connectivity index (χ0n) is 14.5. The highest BCUT2D eigenvalue weighted by molar-refractivity contribution is 5.45. The van der Waals surface area contributed by atoms with Crippen molar-refractivity contribution in [1.29, 1.82) is 0 Å². The third kappa shape index (κ3) is 1.81. The molecular formula is C20H26O4. The summed E-state index contributed by atoms with van der Waals surface area (Å²) in [5.74, 6) is 3.33. The van der Waals surface area contributed by atoms with E-state index in [1.807, 2.05) is 6.07 Å². The molecule has 0 bridgehead atoms. The fourth-order valence-electron chi connectivity index (χ4n) is 6.05. The molecule has 2 aliphatic heterocycles. The Morgan fingerprint density at radius 3 is 2.75 bits per heavy atom. The number of ether oxygens (including phenoxy) is 4. The molecule has 130 valence electrons. The van der Waals surface area contributed by atoms with Gasteiger partial charge in [-0.3, -0.25) is 0 Å². The second-order valence-corrected chi connectivity index (χ2v) is 8.04. The first-order chi connectivity index (χ1) is 11.7. The number of hydrogen-bond acceptors (Lipinski definition) is 4. The van der Waals surface area contributed by atoms with E-state index in [1.165, 1.54) is 24.8 Å². The standard InChI is InChI=1S/C20H26O4/c1-19-7-5-14-15-4-3-13(21-2)11-18(15)22-12-16(14)17(19)6-8-20(19)23-9-10-24-20/h3-4,11,14,16-17H,5-10,12H2,1-2H3/t14-,16-,17+,19+/m1/s1. The lowest BCUT2D eigenvalue weighted by Crippen LogP contribution is -2.52. The van der Waals surface area contributed by atoms with Crippen molar-refractivity contribution in [3.63, 3.8) is 0 Å². The number of fused-ring (bicyclic) bond motifs is 6. The van der Waals surface area contributed by atoms with Crippen molar-refractivity contribution in [3.05, 3.63) is 23.8 Å². The molecule has 0 radical (unpaired) electrons. The van der Waals surface area contributed by atoms with Gasteiger partial charge >= 0.3 is 0 Å². The second kappa shape index (κ2) is 5.12. The van der Waals surface area contributed by atoms with Crippen LogP contribution >= 0.6 is 0 Å². The van der Waals surface area contributed by atoms with Gasteiger partial charge in [0.05, 0.1) is 26.9 Å². The van der Waals surface area contributed by atoms with E-state index < -0.39 is 0 Å². The molecule has 2 heterocycles. The van der Waals surface area contributed by atoms with E-state index in [1.54, 1.807) is 7.11 Å². The summed E-state index contributed by atoms with van der Waals surface area (Å²) < 4.78 is 23.9. The van der Waals surface area contributed by atoms with Crippen molar-refractivity contribution in [3.8, 4) is 11.5 Å². The Morgan fingerprint density at radius 2 is 1.96 bits per heavy atom. The highest BCUT2D eigenvalue weighted by atomic mass is 16.7. The van der Waals surface area contributed by atoms with Crippen LogP contribution in [0.15, 0.2) is 18.2 Å². The first-order valence-corrected chi connectivity index (χ1v) is 9.25. The van der Waals surface area contributed by atoms with Gasteiger partial charge in [-0.05, 0) is 42.7 Å². The third-order valence-electron chi connectivity index (χ3n) is 7.29. The molecule has 1 saturated heterocycles. The number of benzene rings is 1. The molecule has 4 atom stereocenters. The predicted octanol–water partition coefficient (Wildman–Crippen LogP) is 3.74. The van der Waals surface area contributed by atoms with Crippen LogP contribution in [0.3, 0.4) is 0 Å². The van der Waals surface area contributed by atoms with Crippen molar-refractivity contribution >= 4 is 0 Å². The lowest BCUT2D eigenvalue weighted by atomic mass is 9.57. The zero-order chi connectivity index (χ0) is 16.4. The first kappa shape index (κ1) is 15.0. The van der Waals surface area contributed by atoms with Gasteiger partial charge in [0.15, 0.2) is 5.79 Å². The van der Waals surface area contributed by atoms with E-state index in [0.717, 1.165) is 37.7 Å². The minimum absolute atomic E-state index is 0.123. The maximum absolute atomic E-state index is 6.18. The molecule has 24 heavy (non-hydrogen) atoms. The highest BCUT2D eigenvalue weighted by Gasteiger charge is 2.65. The first-order valence-electron chi connectivity index (χ1n) is 9.25. The van der Waals surface area contributed by atoms with Crippen molar-refractivity contribution in [1.82, 2.24) is 0 Å². The van der Waals surface area contributed by atoms with Crippen molar-refractivity contribution in [2.75, 3.05) is 26.9 Å². The molecular weight excluding hydrogens is 304 g/mol. The molecule has 1 spiro atoms. The van der Waals surface area contributed by atoms with Gasteiger partial charge in [-0.15, -0.1) is 0 Å². The zero-order valence-corrected chi connectivity index (χ0v) is 14.5. The van der Waals surface area contributed by atoms with Crippen LogP contribution in [0, 0.1) is 17.3 Å². The van der Waals surface area contributed by atoms with E-state index in [0.29, 0.717) is 17.8 Å². The molecule has 4 heteroatoms. The minimum Gasteiger partial charge on any atom is -0.497 e. The Kier molecular flexibility index (Phi) is 3.21. The Bertz CT molecular complexity index is 651. The molecule has 4 aliphatic rings. The van der Waals surface area contributed by atoms with Gasteiger partial charge in [0.25, 0.3) is 0 Å². The maximum atomic E-state index is 6.18. The smallest absolute Gasteiger partial charge is 0.174 e. The Morgan fingerprint density at radius 1 is 1.12 bits per heavy atom. The fraction of sp³-hybridized carbons (Fsp3) is 0.700. The summed E-state index contributed by atoms with van der Waals surface area (Å²) >= 11 is 0. The fourth-order valence-corrected chi connectivity index (χ4v) is 6.05. The van der Waals surface area contributed by atoms with E-state index in [-0.39, 0.29) is 11.2 Å². The van der Waals surface area contributed by atoms with Gasteiger partial charge in [0.1, 0.15) is 11.5 Å². The number of methoxy groups -OCH3 is 1. The van der Waals surface area contributed by atoms with Crippen molar-refractivity contribution in [2.45, 2.75) is 44.3 Å². The Balaban J connectivity index is 1.49. The van der Waals surface area contributed by atoms with E-state index in [9.17, 15) is 0 Å². The number of rotatable bonds is 1. The van der Waals surface area contributed by atoms with Crippen LogP contribution in [-0.4, -0.2) is 32.7 Å². The average Bonchev–Trinajstić information content (AvgIpc) is 3.21. The summed E-state index contributed by atoms with van der Waals surface area (Å²) in [6, 6.07) is 6.32. The predicted molar refractivity (Wildman–Crippen MR) is 89.4 cm³/mol. The third-order valence-corrected chi connectivity index (χ3v) is 7.29. The van der Waals surface area contributed by atoms with Gasteiger partial charge in [0, 0.05) is 23.8 Å². The normalized spacial score (nSPS) is 39.0. The van der Waals surface area contributed by atoms with Crippen LogP contribution in [0.4, 0.5) is 0 Å². The summed E-state index contributed by atoms with van der Waals surface area (Å²) in [5, 5.41) is 0. The highest BCUT2D eigenvalue weighted by Crippen LogP contribution is 2.65. The minimum atomic E-state index is -0.331. The summed E-state index contributed by atoms with van der Waals surface area (Å²) in [7, 11) is 1.71. The molecule has 1 aromatic rings. The lowest BCUT2D eigenvalue weighted by Gasteiger charge is -2.52. The van der Waals surface area contributed by atoms with E-state index in [4.69, 9.17) is 18.9 Å². The Hall–Kier alpha value is -1.26. The topological polar surface area (TPSA) is 36.9 Å². The van der Waals surface area contributed by atoms with Gasteiger partial charge < -0.3 is 18.9 Å². The summed E-state index contributed by atoms with van der Waals surface area (Å²) in [4.78, 5) is 0. The monoisotopic (exact) mass is 330 g/mol. The van der Waals surface area contributed by atoms with Crippen molar-refractivity contribution < 1.29 is 18.9 Å². The quantitative estimate of drug-likeness (QED) is 0.786. The molecule has 0 N–H and O–H groups in total. The lowest BCUT2D eigenvalue weighted by molar-refractivity contribution is -0.237. The van der Waals surface area contributed by atoms with Gasteiger partial charge in [0.2, 0.25) is 0 Å². The summed E-state index contributed by atoms with van der Waals surface area (Å²) in [5.41, 5.74) is 1.49. The molecule has 2 saturated carbocycles. The van der Waals surface area contributed by atoms with Crippen LogP contribution in [0.25, 0.3) is 0 Å². The van der Waals surface area contributed by atoms with Crippen molar-refractivity contribution in [2.24, 2.45) is 17.3 Å². The molecule has 2 aliphatic carbocycles. The van der Waals surface area contributed by atoms with Crippen LogP contribution in [0.2, 0.25) is 0 Å². The molecule has 0 aromatic heterocycles. The van der Waals surface area contributed by atoms with Crippen LogP contribution in [0.5, 0.6) is 11.5 Å². The molecule has 0 amide bonds. The molecule has 4 nitrogen and oxygen atoms in total. The number of hydrogen-bond donors (Lipinski definition) is 0. The Labute approximate surface area is 143 Å². The molecule has 3 fully saturated rings. The molecule has 0 unspecified atom stereocenters. The maximum Gasteiger partial charge on any atom is 0.174 e. The second-order valence-electron chi connectivity index (χ2n) is 8.04. The van der Waals surface area contributed by atoms with Gasteiger partial charge in [-0.2, -0.15) is 0 Å². The van der Waals surface area contributed by atoms with Gasteiger partial charge in [-0.1, -0.05) is 13.0 Å².